The zero-order chi connectivity index (χ0) is 14.8. The first-order chi connectivity index (χ1) is 10.2. The number of nitrogens with zero attached hydrogens (tertiary/aromatic N) is 2. The summed E-state index contributed by atoms with van der Waals surface area (Å²) in [4.78, 5) is 0. The van der Waals surface area contributed by atoms with Gasteiger partial charge in [0, 0.05) is 30.8 Å². The maximum absolute atomic E-state index is 5.56. The molecule has 1 aliphatic rings. The quantitative estimate of drug-likeness (QED) is 0.917. The SMILES string of the molecule is CNC(CCc1ccc2c(c1)CCO2)c1cnn(C)c1C. The summed E-state index contributed by atoms with van der Waals surface area (Å²) in [7, 11) is 4.01. The molecular formula is C17H23N3O. The summed E-state index contributed by atoms with van der Waals surface area (Å²) in [5.74, 6) is 1.06. The normalized spacial score (nSPS) is 14.8. The lowest BCUT2D eigenvalue weighted by Gasteiger charge is -2.16. The molecule has 0 radical (unpaired) electrons. The van der Waals surface area contributed by atoms with Gasteiger partial charge in [-0.15, -0.1) is 0 Å². The van der Waals surface area contributed by atoms with Crippen molar-refractivity contribution in [2.24, 2.45) is 7.05 Å². The second kappa shape index (κ2) is 5.90. The Morgan fingerprint density at radius 1 is 1.43 bits per heavy atom. The topological polar surface area (TPSA) is 39.1 Å². The monoisotopic (exact) mass is 285 g/mol. The minimum Gasteiger partial charge on any atom is -0.493 e. The minimum atomic E-state index is 0.350. The van der Waals surface area contributed by atoms with E-state index in [1.54, 1.807) is 0 Å². The number of aryl methyl sites for hydroxylation is 2. The van der Waals surface area contributed by atoms with E-state index in [4.69, 9.17) is 4.74 Å². The third kappa shape index (κ3) is 2.81. The van der Waals surface area contributed by atoms with Crippen molar-refractivity contribution in [3.05, 3.63) is 46.8 Å². The first kappa shape index (κ1) is 14.1. The predicted octanol–water partition coefficient (Wildman–Crippen LogP) is 2.56. The molecule has 1 aromatic carbocycles. The second-order valence-corrected chi connectivity index (χ2v) is 5.73. The maximum atomic E-state index is 5.56. The molecule has 1 unspecified atom stereocenters. The zero-order valence-electron chi connectivity index (χ0n) is 13.0. The van der Waals surface area contributed by atoms with Crippen molar-refractivity contribution in [2.45, 2.75) is 32.2 Å². The molecule has 0 fully saturated rings. The Bertz CT molecular complexity index is 633. The first-order valence-corrected chi connectivity index (χ1v) is 7.59. The number of aromatic nitrogens is 2. The van der Waals surface area contributed by atoms with Crippen LogP contribution < -0.4 is 10.1 Å². The number of rotatable bonds is 5. The standard InChI is InChI=1S/C17H23N3O/c1-12-15(11-19-20(12)3)16(18-2)6-4-13-5-7-17-14(10-13)8-9-21-17/h5,7,10-11,16,18H,4,6,8-9H2,1-3H3. The largest absolute Gasteiger partial charge is 0.493 e. The van der Waals surface area contributed by atoms with Crippen molar-refractivity contribution >= 4 is 0 Å². The van der Waals surface area contributed by atoms with E-state index >= 15 is 0 Å². The number of benzene rings is 1. The maximum Gasteiger partial charge on any atom is 0.122 e. The van der Waals surface area contributed by atoms with E-state index in [2.05, 4.69) is 35.5 Å². The predicted molar refractivity (Wildman–Crippen MR) is 83.7 cm³/mol. The lowest BCUT2D eigenvalue weighted by atomic mass is 9.98. The van der Waals surface area contributed by atoms with Crippen LogP contribution in [-0.2, 0) is 19.9 Å². The first-order valence-electron chi connectivity index (χ1n) is 7.59. The van der Waals surface area contributed by atoms with Crippen LogP contribution in [0.2, 0.25) is 0 Å². The van der Waals surface area contributed by atoms with Crippen LogP contribution in [-0.4, -0.2) is 23.4 Å². The third-order valence-corrected chi connectivity index (χ3v) is 4.47. The van der Waals surface area contributed by atoms with Gasteiger partial charge in [-0.3, -0.25) is 4.68 Å². The highest BCUT2D eigenvalue weighted by Gasteiger charge is 2.16. The Labute approximate surface area is 126 Å². The van der Waals surface area contributed by atoms with Crippen LogP contribution in [0.4, 0.5) is 0 Å². The molecule has 3 rings (SSSR count). The summed E-state index contributed by atoms with van der Waals surface area (Å²) < 4.78 is 7.50. The lowest BCUT2D eigenvalue weighted by molar-refractivity contribution is 0.357. The van der Waals surface area contributed by atoms with Crippen LogP contribution in [0.15, 0.2) is 24.4 Å². The minimum absolute atomic E-state index is 0.350. The van der Waals surface area contributed by atoms with E-state index in [1.165, 1.54) is 22.4 Å². The Hall–Kier alpha value is -1.81. The number of ether oxygens (including phenoxy) is 1. The van der Waals surface area contributed by atoms with Crippen molar-refractivity contribution in [1.29, 1.82) is 0 Å². The molecule has 0 aliphatic carbocycles. The van der Waals surface area contributed by atoms with Gasteiger partial charge < -0.3 is 10.1 Å². The molecule has 1 atom stereocenters. The van der Waals surface area contributed by atoms with Gasteiger partial charge in [0.1, 0.15) is 5.75 Å². The van der Waals surface area contributed by atoms with E-state index in [9.17, 15) is 0 Å². The Morgan fingerprint density at radius 3 is 3.00 bits per heavy atom. The Morgan fingerprint density at radius 2 is 2.29 bits per heavy atom. The van der Waals surface area contributed by atoms with E-state index in [1.807, 2.05) is 25.0 Å². The van der Waals surface area contributed by atoms with Gasteiger partial charge in [0.05, 0.1) is 12.8 Å². The summed E-state index contributed by atoms with van der Waals surface area (Å²) in [6.07, 6.45) is 5.16. The molecule has 0 spiro atoms. The van der Waals surface area contributed by atoms with Gasteiger partial charge in [-0.05, 0) is 44.0 Å². The van der Waals surface area contributed by atoms with Gasteiger partial charge in [0.15, 0.2) is 0 Å². The molecule has 0 amide bonds. The van der Waals surface area contributed by atoms with Crippen LogP contribution in [0.25, 0.3) is 0 Å². The molecule has 0 saturated carbocycles. The van der Waals surface area contributed by atoms with Gasteiger partial charge >= 0.3 is 0 Å². The molecule has 1 N–H and O–H groups in total. The zero-order valence-corrected chi connectivity index (χ0v) is 13.0. The van der Waals surface area contributed by atoms with Crippen LogP contribution in [0.5, 0.6) is 5.75 Å². The number of fused-ring (bicyclic) bond motifs is 1. The number of nitrogens with one attached hydrogen (secondary N) is 1. The van der Waals surface area contributed by atoms with Crippen molar-refractivity contribution in [2.75, 3.05) is 13.7 Å². The smallest absolute Gasteiger partial charge is 0.122 e. The number of hydrogen-bond acceptors (Lipinski definition) is 3. The fourth-order valence-electron chi connectivity index (χ4n) is 3.02. The summed E-state index contributed by atoms with van der Waals surface area (Å²) in [6, 6.07) is 6.95. The van der Waals surface area contributed by atoms with Gasteiger partial charge in [0.2, 0.25) is 0 Å². The van der Waals surface area contributed by atoms with Gasteiger partial charge in [-0.1, -0.05) is 12.1 Å². The average molecular weight is 285 g/mol. The average Bonchev–Trinajstić information content (AvgIpc) is 3.08. The van der Waals surface area contributed by atoms with E-state index < -0.39 is 0 Å². The Kier molecular flexibility index (Phi) is 3.97. The molecular weight excluding hydrogens is 262 g/mol. The number of hydrogen-bond donors (Lipinski definition) is 1. The molecule has 4 heteroatoms. The lowest BCUT2D eigenvalue weighted by Crippen LogP contribution is -2.17. The fraction of sp³-hybridized carbons (Fsp3) is 0.471. The Balaban J connectivity index is 1.69. The molecule has 0 bridgehead atoms. The van der Waals surface area contributed by atoms with Crippen LogP contribution in [0.1, 0.15) is 34.8 Å². The highest BCUT2D eigenvalue weighted by atomic mass is 16.5. The third-order valence-electron chi connectivity index (χ3n) is 4.47. The van der Waals surface area contributed by atoms with Crippen LogP contribution >= 0.6 is 0 Å². The molecule has 2 heterocycles. The summed E-state index contributed by atoms with van der Waals surface area (Å²) in [6.45, 7) is 2.95. The van der Waals surface area contributed by atoms with Crippen molar-refractivity contribution in [3.8, 4) is 5.75 Å². The molecule has 1 aliphatic heterocycles. The van der Waals surface area contributed by atoms with Crippen molar-refractivity contribution < 1.29 is 4.74 Å². The summed E-state index contributed by atoms with van der Waals surface area (Å²) in [5.41, 5.74) is 5.27. The van der Waals surface area contributed by atoms with Crippen LogP contribution in [0.3, 0.4) is 0 Å². The molecule has 112 valence electrons. The van der Waals surface area contributed by atoms with Crippen molar-refractivity contribution in [1.82, 2.24) is 15.1 Å². The highest BCUT2D eigenvalue weighted by molar-refractivity contribution is 5.40. The second-order valence-electron chi connectivity index (χ2n) is 5.73. The molecule has 4 nitrogen and oxygen atoms in total. The summed E-state index contributed by atoms with van der Waals surface area (Å²) in [5, 5.41) is 7.76. The van der Waals surface area contributed by atoms with Gasteiger partial charge in [-0.25, -0.2) is 0 Å². The highest BCUT2D eigenvalue weighted by Crippen LogP contribution is 2.27. The van der Waals surface area contributed by atoms with E-state index in [0.29, 0.717) is 6.04 Å². The van der Waals surface area contributed by atoms with E-state index in [0.717, 1.165) is 31.6 Å². The van der Waals surface area contributed by atoms with Gasteiger partial charge in [-0.2, -0.15) is 5.10 Å². The van der Waals surface area contributed by atoms with E-state index in [-0.39, 0.29) is 0 Å². The fourth-order valence-corrected chi connectivity index (χ4v) is 3.02. The van der Waals surface area contributed by atoms with Crippen LogP contribution in [0, 0.1) is 6.92 Å². The molecule has 1 aromatic heterocycles. The molecule has 21 heavy (non-hydrogen) atoms. The van der Waals surface area contributed by atoms with Gasteiger partial charge in [0.25, 0.3) is 0 Å². The molecule has 2 aromatic rings. The summed E-state index contributed by atoms with van der Waals surface area (Å²) >= 11 is 0. The molecule has 0 saturated heterocycles. The van der Waals surface area contributed by atoms with Crippen molar-refractivity contribution in [3.63, 3.8) is 0 Å².